The zero-order valence-corrected chi connectivity index (χ0v) is 15.3. The van der Waals surface area contributed by atoms with E-state index in [0.29, 0.717) is 23.6 Å². The SMILES string of the molecule is COc1ccc(CNC(=O)c2ccc(Nc3ccc(F)c(Cl)c3)nc2)cc1. The number of ether oxygens (including phenoxy) is 1. The molecule has 138 valence electrons. The molecule has 0 aliphatic carbocycles. The number of hydrogen-bond donors (Lipinski definition) is 2. The number of methoxy groups -OCH3 is 1. The smallest absolute Gasteiger partial charge is 0.253 e. The lowest BCUT2D eigenvalue weighted by Gasteiger charge is -2.08. The van der Waals surface area contributed by atoms with Crippen molar-refractivity contribution < 1.29 is 13.9 Å². The van der Waals surface area contributed by atoms with E-state index in [0.717, 1.165) is 11.3 Å². The molecule has 0 fully saturated rings. The molecule has 0 unspecified atom stereocenters. The Morgan fingerprint density at radius 3 is 2.56 bits per heavy atom. The average molecular weight is 386 g/mol. The molecule has 0 spiro atoms. The van der Waals surface area contributed by atoms with Crippen LogP contribution in [-0.2, 0) is 6.54 Å². The minimum atomic E-state index is -0.487. The number of carbonyl (C=O) groups excluding carboxylic acids is 1. The number of rotatable bonds is 6. The van der Waals surface area contributed by atoms with E-state index in [1.54, 1.807) is 25.3 Å². The lowest BCUT2D eigenvalue weighted by Crippen LogP contribution is -2.22. The van der Waals surface area contributed by atoms with Gasteiger partial charge in [-0.1, -0.05) is 23.7 Å². The Morgan fingerprint density at radius 1 is 1.15 bits per heavy atom. The topological polar surface area (TPSA) is 63.2 Å². The fourth-order valence-corrected chi connectivity index (χ4v) is 2.53. The van der Waals surface area contributed by atoms with Gasteiger partial charge in [-0.25, -0.2) is 9.37 Å². The number of benzene rings is 2. The molecule has 0 atom stereocenters. The molecule has 0 aliphatic heterocycles. The van der Waals surface area contributed by atoms with Crippen molar-refractivity contribution in [3.63, 3.8) is 0 Å². The number of nitrogens with one attached hydrogen (secondary N) is 2. The molecule has 0 saturated heterocycles. The summed E-state index contributed by atoms with van der Waals surface area (Å²) in [5.74, 6) is 0.568. The first-order valence-corrected chi connectivity index (χ1v) is 8.52. The zero-order valence-electron chi connectivity index (χ0n) is 14.5. The zero-order chi connectivity index (χ0) is 19.2. The van der Waals surface area contributed by atoms with Crippen molar-refractivity contribution in [1.29, 1.82) is 0 Å². The first-order chi connectivity index (χ1) is 13.0. The Balaban J connectivity index is 1.58. The minimum absolute atomic E-state index is 0.0227. The Kier molecular flexibility index (Phi) is 5.88. The molecule has 3 aromatic rings. The Morgan fingerprint density at radius 2 is 1.93 bits per heavy atom. The van der Waals surface area contributed by atoms with Crippen molar-refractivity contribution in [3.05, 3.63) is 82.8 Å². The molecular formula is C20H17ClFN3O2. The number of hydrogen-bond acceptors (Lipinski definition) is 4. The monoisotopic (exact) mass is 385 g/mol. The molecule has 0 bridgehead atoms. The summed E-state index contributed by atoms with van der Waals surface area (Å²) < 4.78 is 18.3. The maximum atomic E-state index is 13.2. The highest BCUT2D eigenvalue weighted by molar-refractivity contribution is 6.31. The van der Waals surface area contributed by atoms with Gasteiger partial charge in [0.25, 0.3) is 5.91 Å². The summed E-state index contributed by atoms with van der Waals surface area (Å²) in [5.41, 5.74) is 2.00. The third-order valence-corrected chi connectivity index (χ3v) is 4.12. The highest BCUT2D eigenvalue weighted by Gasteiger charge is 2.07. The van der Waals surface area contributed by atoms with Gasteiger partial charge in [0.15, 0.2) is 0 Å². The molecule has 1 aromatic heterocycles. The molecule has 2 aromatic carbocycles. The third-order valence-electron chi connectivity index (χ3n) is 3.83. The summed E-state index contributed by atoms with van der Waals surface area (Å²) >= 11 is 5.75. The first-order valence-electron chi connectivity index (χ1n) is 8.14. The fraction of sp³-hybridized carbons (Fsp3) is 0.100. The minimum Gasteiger partial charge on any atom is -0.497 e. The normalized spacial score (nSPS) is 10.3. The number of aromatic nitrogens is 1. The molecule has 3 rings (SSSR count). The van der Waals surface area contributed by atoms with Crippen LogP contribution in [0.5, 0.6) is 5.75 Å². The fourth-order valence-electron chi connectivity index (χ4n) is 2.35. The first kappa shape index (κ1) is 18.7. The number of anilines is 2. The standard InChI is InChI=1S/C20H17ClFN3O2/c1-27-16-6-2-13(3-7-16)11-24-20(26)14-4-9-19(23-12-14)25-15-5-8-18(22)17(21)10-15/h2-10,12H,11H2,1H3,(H,23,25)(H,24,26). The molecule has 1 amide bonds. The van der Waals surface area contributed by atoms with Crippen LogP contribution in [0.2, 0.25) is 5.02 Å². The van der Waals surface area contributed by atoms with Crippen molar-refractivity contribution in [1.82, 2.24) is 10.3 Å². The maximum absolute atomic E-state index is 13.2. The quantitative estimate of drug-likeness (QED) is 0.653. The molecule has 0 aliphatic rings. The molecular weight excluding hydrogens is 369 g/mol. The number of carbonyl (C=O) groups is 1. The molecule has 0 saturated carbocycles. The summed E-state index contributed by atoms with van der Waals surface area (Å²) in [6, 6.07) is 15.1. The van der Waals surface area contributed by atoms with Crippen molar-refractivity contribution in [2.75, 3.05) is 12.4 Å². The van der Waals surface area contributed by atoms with Gasteiger partial charge in [0.1, 0.15) is 17.4 Å². The van der Waals surface area contributed by atoms with E-state index in [9.17, 15) is 9.18 Å². The second-order valence-corrected chi connectivity index (χ2v) is 6.12. The Bertz CT molecular complexity index is 931. The number of pyridine rings is 1. The predicted molar refractivity (Wildman–Crippen MR) is 103 cm³/mol. The van der Waals surface area contributed by atoms with Crippen LogP contribution in [0.4, 0.5) is 15.9 Å². The third kappa shape index (κ3) is 4.95. The van der Waals surface area contributed by atoms with Crippen LogP contribution in [0.15, 0.2) is 60.8 Å². The van der Waals surface area contributed by atoms with Crippen LogP contribution >= 0.6 is 11.6 Å². The van der Waals surface area contributed by atoms with Gasteiger partial charge in [-0.3, -0.25) is 4.79 Å². The lowest BCUT2D eigenvalue weighted by molar-refractivity contribution is 0.0950. The Hall–Kier alpha value is -3.12. The van der Waals surface area contributed by atoms with Gasteiger partial charge >= 0.3 is 0 Å². The molecule has 27 heavy (non-hydrogen) atoms. The van der Waals surface area contributed by atoms with Gasteiger partial charge in [0.05, 0.1) is 17.7 Å². The van der Waals surface area contributed by atoms with Crippen LogP contribution < -0.4 is 15.4 Å². The van der Waals surface area contributed by atoms with Crippen molar-refractivity contribution in [3.8, 4) is 5.75 Å². The molecule has 5 nitrogen and oxygen atoms in total. The number of nitrogens with zero attached hydrogens (tertiary/aromatic N) is 1. The van der Waals surface area contributed by atoms with Crippen LogP contribution in [0.3, 0.4) is 0 Å². The largest absolute Gasteiger partial charge is 0.497 e. The maximum Gasteiger partial charge on any atom is 0.253 e. The van der Waals surface area contributed by atoms with Crippen LogP contribution in [0.1, 0.15) is 15.9 Å². The van der Waals surface area contributed by atoms with Crippen LogP contribution in [0, 0.1) is 5.82 Å². The lowest BCUT2D eigenvalue weighted by atomic mass is 10.2. The van der Waals surface area contributed by atoms with E-state index in [4.69, 9.17) is 16.3 Å². The van der Waals surface area contributed by atoms with Gasteiger partial charge in [-0.05, 0) is 48.0 Å². The molecule has 0 radical (unpaired) electrons. The van der Waals surface area contributed by atoms with E-state index >= 15 is 0 Å². The van der Waals surface area contributed by atoms with Gasteiger partial charge in [-0.2, -0.15) is 0 Å². The Labute approximate surface area is 161 Å². The van der Waals surface area contributed by atoms with E-state index in [2.05, 4.69) is 15.6 Å². The average Bonchev–Trinajstić information content (AvgIpc) is 2.70. The second kappa shape index (κ2) is 8.51. The summed E-state index contributed by atoms with van der Waals surface area (Å²) in [6.07, 6.45) is 1.47. The summed E-state index contributed by atoms with van der Waals surface area (Å²) in [7, 11) is 1.60. The van der Waals surface area contributed by atoms with Crippen molar-refractivity contribution >= 4 is 29.0 Å². The van der Waals surface area contributed by atoms with Crippen molar-refractivity contribution in [2.45, 2.75) is 6.54 Å². The highest BCUT2D eigenvalue weighted by Crippen LogP contribution is 2.22. The van der Waals surface area contributed by atoms with Gasteiger partial charge in [0, 0.05) is 18.4 Å². The summed E-state index contributed by atoms with van der Waals surface area (Å²) in [4.78, 5) is 16.4. The van der Waals surface area contributed by atoms with Crippen molar-refractivity contribution in [2.24, 2.45) is 0 Å². The van der Waals surface area contributed by atoms with E-state index in [1.807, 2.05) is 24.3 Å². The summed E-state index contributed by atoms with van der Waals surface area (Å²) in [5, 5.41) is 5.86. The van der Waals surface area contributed by atoms with E-state index in [1.165, 1.54) is 18.3 Å². The van der Waals surface area contributed by atoms with Gasteiger partial charge in [-0.15, -0.1) is 0 Å². The molecule has 7 heteroatoms. The molecule has 2 N–H and O–H groups in total. The molecule has 1 heterocycles. The predicted octanol–water partition coefficient (Wildman–Crippen LogP) is 4.56. The van der Waals surface area contributed by atoms with Crippen LogP contribution in [0.25, 0.3) is 0 Å². The van der Waals surface area contributed by atoms with E-state index in [-0.39, 0.29) is 10.9 Å². The number of halogens is 2. The summed E-state index contributed by atoms with van der Waals surface area (Å²) in [6.45, 7) is 0.400. The highest BCUT2D eigenvalue weighted by atomic mass is 35.5. The van der Waals surface area contributed by atoms with Gasteiger partial charge < -0.3 is 15.4 Å². The van der Waals surface area contributed by atoms with Gasteiger partial charge in [0.2, 0.25) is 0 Å². The van der Waals surface area contributed by atoms with Crippen LogP contribution in [-0.4, -0.2) is 18.0 Å². The second-order valence-electron chi connectivity index (χ2n) is 5.72. The van der Waals surface area contributed by atoms with E-state index < -0.39 is 5.82 Å². The number of amides is 1.